The number of fused-ring (bicyclic) bond motifs is 1. The van der Waals surface area contributed by atoms with Gasteiger partial charge < -0.3 is 9.80 Å². The molecule has 3 aromatic rings. The summed E-state index contributed by atoms with van der Waals surface area (Å²) in [5, 5.41) is 3.61. The van der Waals surface area contributed by atoms with Crippen LogP contribution in [-0.4, -0.2) is 53.2 Å². The number of H-pyrrole nitrogens is 1. The van der Waals surface area contributed by atoms with Gasteiger partial charge in [0, 0.05) is 13.6 Å². The smallest absolute Gasteiger partial charge is 0.274 e. The number of rotatable bonds is 6. The van der Waals surface area contributed by atoms with Crippen molar-refractivity contribution in [2.24, 2.45) is 0 Å². The Balaban J connectivity index is 1.84. The topological polar surface area (TPSA) is 61.3 Å². The van der Waals surface area contributed by atoms with E-state index in [9.17, 15) is 9.59 Å². The average Bonchev–Trinajstić information content (AvgIpc) is 2.95. The molecule has 1 atom stereocenters. The van der Waals surface area contributed by atoms with E-state index >= 15 is 0 Å². The Morgan fingerprint density at radius 1 is 1.04 bits per heavy atom. The van der Waals surface area contributed by atoms with Crippen LogP contribution in [0.4, 0.5) is 0 Å². The highest BCUT2D eigenvalue weighted by Crippen LogP contribution is 2.20. The zero-order valence-electron chi connectivity index (χ0n) is 15.3. The van der Waals surface area contributed by atoms with Gasteiger partial charge in [0.2, 0.25) is 5.91 Å². The second-order valence-corrected chi connectivity index (χ2v) is 6.74. The quantitative estimate of drug-likeness (QED) is 0.739. The van der Waals surface area contributed by atoms with Crippen LogP contribution in [0.15, 0.2) is 59.4 Å². The number of hydrogen-bond acceptors (Lipinski definition) is 3. The lowest BCUT2D eigenvalue weighted by molar-refractivity contribution is -0.133. The highest BCUT2D eigenvalue weighted by atomic mass is 16.2. The first-order valence-corrected chi connectivity index (χ1v) is 8.60. The van der Waals surface area contributed by atoms with Crippen LogP contribution in [0.5, 0.6) is 0 Å². The van der Waals surface area contributed by atoms with E-state index in [0.717, 1.165) is 11.1 Å². The Labute approximate surface area is 152 Å². The summed E-state index contributed by atoms with van der Waals surface area (Å²) in [4.78, 5) is 29.1. The lowest BCUT2D eigenvalue weighted by Crippen LogP contribution is -2.40. The predicted octanol–water partition coefficient (Wildman–Crippen LogP) is 2.09. The van der Waals surface area contributed by atoms with Crippen LogP contribution in [-0.2, 0) is 11.3 Å². The lowest BCUT2D eigenvalue weighted by atomic mass is 10.1. The largest absolute Gasteiger partial charge is 0.336 e. The summed E-state index contributed by atoms with van der Waals surface area (Å²) < 4.78 is 1.38. The van der Waals surface area contributed by atoms with E-state index in [1.807, 2.05) is 62.6 Å². The molecular formula is C20H24N4O2. The Morgan fingerprint density at radius 3 is 2.35 bits per heavy atom. The Bertz CT molecular complexity index is 943. The summed E-state index contributed by atoms with van der Waals surface area (Å²) in [7, 11) is 5.75. The summed E-state index contributed by atoms with van der Waals surface area (Å²) in [5.74, 6) is -0.116. The first kappa shape index (κ1) is 17.9. The number of benzene rings is 2. The Hall–Kier alpha value is -2.86. The van der Waals surface area contributed by atoms with Crippen LogP contribution in [0.25, 0.3) is 10.9 Å². The molecule has 6 heteroatoms. The van der Waals surface area contributed by atoms with Crippen LogP contribution in [0.3, 0.4) is 0 Å². The van der Waals surface area contributed by atoms with Crippen molar-refractivity contribution in [3.05, 3.63) is 70.5 Å². The molecule has 0 fully saturated rings. The van der Waals surface area contributed by atoms with Gasteiger partial charge in [0.1, 0.15) is 6.54 Å². The number of carbonyl (C=O) groups excluding carboxylic acids is 1. The van der Waals surface area contributed by atoms with Gasteiger partial charge in [-0.25, -0.2) is 4.68 Å². The van der Waals surface area contributed by atoms with E-state index in [1.165, 1.54) is 4.68 Å². The van der Waals surface area contributed by atoms with Crippen molar-refractivity contribution in [2.45, 2.75) is 12.6 Å². The molecule has 136 valence electrons. The van der Waals surface area contributed by atoms with Crippen LogP contribution >= 0.6 is 0 Å². The maximum absolute atomic E-state index is 12.9. The molecule has 0 spiro atoms. The van der Waals surface area contributed by atoms with E-state index in [-0.39, 0.29) is 24.1 Å². The number of carbonyl (C=O) groups is 1. The third-order valence-electron chi connectivity index (χ3n) is 4.53. The summed E-state index contributed by atoms with van der Waals surface area (Å²) in [6.45, 7) is 0.689. The van der Waals surface area contributed by atoms with E-state index in [2.05, 4.69) is 10.00 Å². The van der Waals surface area contributed by atoms with Crippen molar-refractivity contribution in [3.8, 4) is 0 Å². The fourth-order valence-corrected chi connectivity index (χ4v) is 3.11. The minimum Gasteiger partial charge on any atom is -0.336 e. The molecule has 26 heavy (non-hydrogen) atoms. The number of aromatic amines is 1. The van der Waals surface area contributed by atoms with Crippen molar-refractivity contribution in [3.63, 3.8) is 0 Å². The average molecular weight is 352 g/mol. The van der Waals surface area contributed by atoms with Gasteiger partial charge in [0.15, 0.2) is 0 Å². The molecule has 0 aliphatic heterocycles. The highest BCUT2D eigenvalue weighted by molar-refractivity contribution is 5.80. The van der Waals surface area contributed by atoms with Crippen molar-refractivity contribution in [2.75, 3.05) is 27.7 Å². The number of hydrogen-bond donors (Lipinski definition) is 1. The fourth-order valence-electron chi connectivity index (χ4n) is 3.11. The Morgan fingerprint density at radius 2 is 1.69 bits per heavy atom. The van der Waals surface area contributed by atoms with E-state index in [1.54, 1.807) is 18.0 Å². The van der Waals surface area contributed by atoms with E-state index in [0.29, 0.717) is 11.9 Å². The molecule has 3 rings (SSSR count). The van der Waals surface area contributed by atoms with E-state index in [4.69, 9.17) is 0 Å². The van der Waals surface area contributed by atoms with Gasteiger partial charge >= 0.3 is 0 Å². The van der Waals surface area contributed by atoms with Gasteiger partial charge in [-0.15, -0.1) is 0 Å². The van der Waals surface area contributed by atoms with Crippen molar-refractivity contribution in [1.29, 1.82) is 0 Å². The molecule has 2 aromatic carbocycles. The molecule has 1 heterocycles. The maximum Gasteiger partial charge on any atom is 0.274 e. The number of aromatic nitrogens is 2. The molecule has 0 saturated heterocycles. The molecular weight excluding hydrogens is 328 g/mol. The van der Waals surface area contributed by atoms with Gasteiger partial charge in [-0.3, -0.25) is 14.7 Å². The van der Waals surface area contributed by atoms with Gasteiger partial charge in [0.25, 0.3) is 5.56 Å². The maximum atomic E-state index is 12.9. The first-order valence-electron chi connectivity index (χ1n) is 8.60. The molecule has 1 N–H and O–H groups in total. The summed E-state index contributed by atoms with van der Waals surface area (Å²) >= 11 is 0. The standard InChI is InChI=1S/C20H24N4O2/c1-22(2)13-18(15-9-5-4-6-10-15)23(3)19(25)14-24-20(26)16-11-7-8-12-17(16)21-24/h4-12,18,21H,13-14H2,1-3H3. The number of amides is 1. The molecule has 1 amide bonds. The third kappa shape index (κ3) is 3.70. The zero-order valence-corrected chi connectivity index (χ0v) is 15.3. The monoisotopic (exact) mass is 352 g/mol. The Kier molecular flexibility index (Phi) is 5.23. The van der Waals surface area contributed by atoms with Crippen LogP contribution < -0.4 is 5.56 Å². The predicted molar refractivity (Wildman–Crippen MR) is 103 cm³/mol. The van der Waals surface area contributed by atoms with Crippen LogP contribution in [0.2, 0.25) is 0 Å². The minimum absolute atomic E-state index is 0.0131. The van der Waals surface area contributed by atoms with Crippen LogP contribution in [0.1, 0.15) is 11.6 Å². The number of para-hydroxylation sites is 1. The van der Waals surface area contributed by atoms with Gasteiger partial charge in [-0.05, 0) is 31.8 Å². The van der Waals surface area contributed by atoms with Gasteiger partial charge in [-0.1, -0.05) is 42.5 Å². The first-order chi connectivity index (χ1) is 12.5. The summed E-state index contributed by atoms with van der Waals surface area (Å²) in [6, 6.07) is 17.1. The second kappa shape index (κ2) is 7.58. The van der Waals surface area contributed by atoms with Crippen LogP contribution in [0, 0.1) is 0 Å². The number of nitrogens with zero attached hydrogens (tertiary/aromatic N) is 3. The molecule has 0 bridgehead atoms. The molecule has 0 aliphatic carbocycles. The highest BCUT2D eigenvalue weighted by Gasteiger charge is 2.23. The minimum atomic E-state index is -0.175. The molecule has 1 aromatic heterocycles. The summed E-state index contributed by atoms with van der Waals surface area (Å²) in [6.07, 6.45) is 0. The number of nitrogens with one attached hydrogen (secondary N) is 1. The summed E-state index contributed by atoms with van der Waals surface area (Å²) in [5.41, 5.74) is 1.63. The molecule has 0 saturated carbocycles. The van der Waals surface area contributed by atoms with Gasteiger partial charge in [0.05, 0.1) is 16.9 Å². The third-order valence-corrected chi connectivity index (χ3v) is 4.53. The van der Waals surface area contributed by atoms with Crippen molar-refractivity contribution < 1.29 is 4.79 Å². The zero-order chi connectivity index (χ0) is 18.7. The van der Waals surface area contributed by atoms with Gasteiger partial charge in [-0.2, -0.15) is 0 Å². The second-order valence-electron chi connectivity index (χ2n) is 6.74. The molecule has 0 radical (unpaired) electrons. The van der Waals surface area contributed by atoms with E-state index < -0.39 is 0 Å². The molecule has 1 unspecified atom stereocenters. The molecule has 6 nitrogen and oxygen atoms in total. The number of likely N-dealkylation sites (N-methyl/N-ethyl adjacent to an activating group) is 2. The normalized spacial score (nSPS) is 12.5. The van der Waals surface area contributed by atoms with Crippen molar-refractivity contribution in [1.82, 2.24) is 19.6 Å². The molecule has 0 aliphatic rings. The SMILES string of the molecule is CN(C)CC(c1ccccc1)N(C)C(=O)Cn1[nH]c2ccccc2c1=O. The fraction of sp³-hybridized carbons (Fsp3) is 0.300. The lowest BCUT2D eigenvalue weighted by Gasteiger charge is -2.31. The van der Waals surface area contributed by atoms with Crippen molar-refractivity contribution >= 4 is 16.8 Å².